The summed E-state index contributed by atoms with van der Waals surface area (Å²) in [6.45, 7) is 0.481. The van der Waals surface area contributed by atoms with Gasteiger partial charge in [0.2, 0.25) is 0 Å². The minimum Gasteiger partial charge on any atom is -0.334 e. The van der Waals surface area contributed by atoms with Crippen LogP contribution in [0.25, 0.3) is 11.5 Å². The molecular weight excluding hydrogens is 278 g/mol. The predicted molar refractivity (Wildman–Crippen MR) is 73.6 cm³/mol. The molecule has 1 aliphatic heterocycles. The van der Waals surface area contributed by atoms with Crippen LogP contribution in [0.1, 0.15) is 23.7 Å². The van der Waals surface area contributed by atoms with Crippen molar-refractivity contribution in [2.24, 2.45) is 5.73 Å². The molecule has 1 aromatic heterocycles. The molecule has 0 spiro atoms. The predicted octanol–water partition coefficient (Wildman–Crippen LogP) is 1.10. The molecular formula is C13H15N3O3S. The summed E-state index contributed by atoms with van der Waals surface area (Å²) < 4.78 is 28.1. The largest absolute Gasteiger partial charge is 0.334 e. The Balaban J connectivity index is 1.83. The molecule has 0 bridgehead atoms. The molecule has 7 heteroatoms. The van der Waals surface area contributed by atoms with Crippen LogP contribution in [0.3, 0.4) is 0 Å². The Morgan fingerprint density at radius 3 is 2.65 bits per heavy atom. The lowest BCUT2D eigenvalue weighted by Crippen LogP contribution is -2.05. The summed E-state index contributed by atoms with van der Waals surface area (Å²) in [5.74, 6) is 1.04. The third-order valence-electron chi connectivity index (χ3n) is 3.48. The monoisotopic (exact) mass is 293 g/mol. The highest BCUT2D eigenvalue weighted by atomic mass is 32.2. The van der Waals surface area contributed by atoms with Crippen LogP contribution in [-0.4, -0.2) is 30.1 Å². The second-order valence-electron chi connectivity index (χ2n) is 4.96. The smallest absolute Gasteiger partial charge is 0.257 e. The van der Waals surface area contributed by atoms with Gasteiger partial charge in [-0.1, -0.05) is 17.3 Å². The molecule has 2 heterocycles. The number of sulfone groups is 1. The van der Waals surface area contributed by atoms with Crippen molar-refractivity contribution in [1.82, 2.24) is 10.1 Å². The lowest BCUT2D eigenvalue weighted by atomic mass is 10.1. The fraction of sp³-hybridized carbons (Fsp3) is 0.385. The van der Waals surface area contributed by atoms with Crippen LogP contribution in [0, 0.1) is 0 Å². The molecule has 0 saturated carbocycles. The molecule has 6 nitrogen and oxygen atoms in total. The minimum atomic E-state index is -2.94. The summed E-state index contributed by atoms with van der Waals surface area (Å²) in [6.07, 6.45) is 0.563. The van der Waals surface area contributed by atoms with Crippen molar-refractivity contribution in [2.75, 3.05) is 11.5 Å². The van der Waals surface area contributed by atoms with Gasteiger partial charge in [-0.05, 0) is 24.1 Å². The molecule has 0 aliphatic carbocycles. The quantitative estimate of drug-likeness (QED) is 0.909. The first kappa shape index (κ1) is 13.3. The SMILES string of the molecule is NCc1ccc(-c2nc(C3CCS(=O)(=O)C3)no2)cc1. The van der Waals surface area contributed by atoms with Gasteiger partial charge in [-0.2, -0.15) is 4.98 Å². The first-order valence-corrected chi connectivity index (χ1v) is 8.23. The maximum Gasteiger partial charge on any atom is 0.257 e. The van der Waals surface area contributed by atoms with Gasteiger partial charge in [-0.15, -0.1) is 0 Å². The molecule has 20 heavy (non-hydrogen) atoms. The molecule has 3 rings (SSSR count). The van der Waals surface area contributed by atoms with Crippen molar-refractivity contribution in [3.63, 3.8) is 0 Å². The highest BCUT2D eigenvalue weighted by Gasteiger charge is 2.32. The number of benzene rings is 1. The van der Waals surface area contributed by atoms with Gasteiger partial charge in [-0.25, -0.2) is 8.42 Å². The summed E-state index contributed by atoms with van der Waals surface area (Å²) in [5, 5.41) is 3.91. The van der Waals surface area contributed by atoms with Gasteiger partial charge < -0.3 is 10.3 Å². The van der Waals surface area contributed by atoms with E-state index < -0.39 is 9.84 Å². The summed E-state index contributed by atoms with van der Waals surface area (Å²) in [5.41, 5.74) is 7.37. The van der Waals surface area contributed by atoms with Crippen LogP contribution in [0.5, 0.6) is 0 Å². The van der Waals surface area contributed by atoms with E-state index in [1.165, 1.54) is 0 Å². The zero-order valence-electron chi connectivity index (χ0n) is 10.8. The van der Waals surface area contributed by atoms with Crippen molar-refractivity contribution in [2.45, 2.75) is 18.9 Å². The van der Waals surface area contributed by atoms with Crippen LogP contribution in [0.4, 0.5) is 0 Å². The molecule has 1 aliphatic rings. The van der Waals surface area contributed by atoms with E-state index in [1.54, 1.807) is 0 Å². The Morgan fingerprint density at radius 2 is 2.05 bits per heavy atom. The zero-order valence-corrected chi connectivity index (χ0v) is 11.6. The fourth-order valence-corrected chi connectivity index (χ4v) is 4.04. The van der Waals surface area contributed by atoms with Gasteiger partial charge in [0.15, 0.2) is 15.7 Å². The number of nitrogens with two attached hydrogens (primary N) is 1. The van der Waals surface area contributed by atoms with Crippen molar-refractivity contribution in [3.05, 3.63) is 35.7 Å². The highest BCUT2D eigenvalue weighted by molar-refractivity contribution is 7.91. The molecule has 2 aromatic rings. The molecule has 1 fully saturated rings. The van der Waals surface area contributed by atoms with Crippen LogP contribution in [0.15, 0.2) is 28.8 Å². The maximum atomic E-state index is 11.5. The second kappa shape index (κ2) is 4.99. The minimum absolute atomic E-state index is 0.109. The number of hydrogen-bond donors (Lipinski definition) is 1. The van der Waals surface area contributed by atoms with Crippen LogP contribution in [-0.2, 0) is 16.4 Å². The van der Waals surface area contributed by atoms with Crippen molar-refractivity contribution in [1.29, 1.82) is 0 Å². The van der Waals surface area contributed by atoms with Gasteiger partial charge in [0, 0.05) is 18.0 Å². The number of rotatable bonds is 3. The molecule has 1 unspecified atom stereocenters. The van der Waals surface area contributed by atoms with Gasteiger partial charge in [0.05, 0.1) is 11.5 Å². The Morgan fingerprint density at radius 1 is 1.30 bits per heavy atom. The lowest BCUT2D eigenvalue weighted by molar-refractivity contribution is 0.418. The van der Waals surface area contributed by atoms with Crippen molar-refractivity contribution >= 4 is 9.84 Å². The number of nitrogens with zero attached hydrogens (tertiary/aromatic N) is 2. The van der Waals surface area contributed by atoms with E-state index in [9.17, 15) is 8.42 Å². The summed E-state index contributed by atoms with van der Waals surface area (Å²) in [7, 11) is -2.94. The van der Waals surface area contributed by atoms with Gasteiger partial charge in [0.1, 0.15) is 0 Å². The van der Waals surface area contributed by atoms with E-state index in [4.69, 9.17) is 10.3 Å². The molecule has 2 N–H and O–H groups in total. The van der Waals surface area contributed by atoms with Crippen LogP contribution < -0.4 is 5.73 Å². The number of aromatic nitrogens is 2. The first-order valence-electron chi connectivity index (χ1n) is 6.41. The molecule has 1 saturated heterocycles. The highest BCUT2D eigenvalue weighted by Crippen LogP contribution is 2.28. The second-order valence-corrected chi connectivity index (χ2v) is 7.19. The van der Waals surface area contributed by atoms with E-state index in [1.807, 2.05) is 24.3 Å². The van der Waals surface area contributed by atoms with Crippen molar-refractivity contribution < 1.29 is 12.9 Å². The Bertz CT molecular complexity index is 707. The molecule has 0 radical (unpaired) electrons. The summed E-state index contributed by atoms with van der Waals surface area (Å²) in [4.78, 5) is 4.31. The standard InChI is InChI=1S/C13H15N3O3S/c14-7-9-1-3-10(4-2-9)13-15-12(16-19-13)11-5-6-20(17,18)8-11/h1-4,11H,5-8,14H2. The molecule has 1 aromatic carbocycles. The zero-order chi connectivity index (χ0) is 14.2. The Hall–Kier alpha value is -1.73. The van der Waals surface area contributed by atoms with E-state index >= 15 is 0 Å². The van der Waals surface area contributed by atoms with E-state index in [-0.39, 0.29) is 17.4 Å². The normalized spacial score (nSPS) is 21.1. The van der Waals surface area contributed by atoms with E-state index in [2.05, 4.69) is 10.1 Å². The Labute approximate surface area is 116 Å². The van der Waals surface area contributed by atoms with Gasteiger partial charge in [-0.3, -0.25) is 0 Å². The fourth-order valence-electron chi connectivity index (χ4n) is 2.30. The molecule has 1 atom stereocenters. The summed E-state index contributed by atoms with van der Waals surface area (Å²) >= 11 is 0. The van der Waals surface area contributed by atoms with E-state index in [0.717, 1.165) is 11.1 Å². The average molecular weight is 293 g/mol. The third-order valence-corrected chi connectivity index (χ3v) is 5.24. The summed E-state index contributed by atoms with van der Waals surface area (Å²) in [6, 6.07) is 7.54. The number of hydrogen-bond acceptors (Lipinski definition) is 6. The molecule has 106 valence electrons. The van der Waals surface area contributed by atoms with Crippen LogP contribution in [0.2, 0.25) is 0 Å². The maximum absolute atomic E-state index is 11.5. The first-order chi connectivity index (χ1) is 9.57. The Kier molecular flexibility index (Phi) is 3.31. The van der Waals surface area contributed by atoms with Gasteiger partial charge in [0.25, 0.3) is 5.89 Å². The lowest BCUT2D eigenvalue weighted by Gasteiger charge is -1.99. The molecule has 0 amide bonds. The topological polar surface area (TPSA) is 99.1 Å². The van der Waals surface area contributed by atoms with E-state index in [0.29, 0.717) is 24.7 Å². The van der Waals surface area contributed by atoms with Crippen molar-refractivity contribution in [3.8, 4) is 11.5 Å². The third kappa shape index (κ3) is 2.59. The van der Waals surface area contributed by atoms with Crippen LogP contribution >= 0.6 is 0 Å². The average Bonchev–Trinajstić information content (AvgIpc) is 3.05. The van der Waals surface area contributed by atoms with Gasteiger partial charge >= 0.3 is 0 Å².